The van der Waals surface area contributed by atoms with Crippen molar-refractivity contribution in [2.75, 3.05) is 0 Å². The predicted molar refractivity (Wildman–Crippen MR) is 95.0 cm³/mol. The van der Waals surface area contributed by atoms with Crippen LogP contribution in [0.3, 0.4) is 0 Å². The van der Waals surface area contributed by atoms with E-state index in [-0.39, 0.29) is 11.8 Å². The SMILES string of the molecule is CCCC(=O)O[C@H](C(=O)c1ccc(C(C)C)cc1)c1ccccc1. The molecule has 0 aromatic heterocycles. The number of carbonyl (C=O) groups is 2. The van der Waals surface area contributed by atoms with Crippen LogP contribution >= 0.6 is 0 Å². The van der Waals surface area contributed by atoms with Gasteiger partial charge in [0.05, 0.1) is 0 Å². The van der Waals surface area contributed by atoms with E-state index < -0.39 is 6.10 Å². The Bertz CT molecular complexity index is 672. The van der Waals surface area contributed by atoms with Crippen molar-refractivity contribution in [2.24, 2.45) is 0 Å². The molecule has 24 heavy (non-hydrogen) atoms. The van der Waals surface area contributed by atoms with Gasteiger partial charge in [-0.1, -0.05) is 75.4 Å². The highest BCUT2D eigenvalue weighted by molar-refractivity contribution is 6.01. The normalized spacial score (nSPS) is 12.0. The first-order valence-electron chi connectivity index (χ1n) is 8.41. The van der Waals surface area contributed by atoms with E-state index in [0.717, 1.165) is 0 Å². The van der Waals surface area contributed by atoms with Gasteiger partial charge in [-0.25, -0.2) is 0 Å². The number of carbonyl (C=O) groups excluding carboxylic acids is 2. The molecular formula is C21H24O3. The molecule has 2 aromatic carbocycles. The summed E-state index contributed by atoms with van der Waals surface area (Å²) in [5.74, 6) is -0.138. The van der Waals surface area contributed by atoms with Gasteiger partial charge in [0.2, 0.25) is 5.78 Å². The maximum atomic E-state index is 12.9. The van der Waals surface area contributed by atoms with Crippen LogP contribution < -0.4 is 0 Å². The number of hydrogen-bond acceptors (Lipinski definition) is 3. The summed E-state index contributed by atoms with van der Waals surface area (Å²) in [4.78, 5) is 24.8. The fraction of sp³-hybridized carbons (Fsp3) is 0.333. The first-order chi connectivity index (χ1) is 11.5. The lowest BCUT2D eigenvalue weighted by atomic mass is 9.96. The van der Waals surface area contributed by atoms with E-state index in [1.807, 2.05) is 49.4 Å². The third kappa shape index (κ3) is 4.54. The Morgan fingerprint density at radius 2 is 1.54 bits per heavy atom. The summed E-state index contributed by atoms with van der Waals surface area (Å²) in [5.41, 5.74) is 2.42. The Morgan fingerprint density at radius 3 is 2.08 bits per heavy atom. The average Bonchev–Trinajstić information content (AvgIpc) is 2.60. The molecule has 126 valence electrons. The highest BCUT2D eigenvalue weighted by Gasteiger charge is 2.25. The van der Waals surface area contributed by atoms with Crippen molar-refractivity contribution in [1.29, 1.82) is 0 Å². The number of rotatable bonds is 7. The molecule has 0 N–H and O–H groups in total. The molecule has 0 amide bonds. The number of ether oxygens (including phenoxy) is 1. The Kier molecular flexibility index (Phi) is 6.30. The van der Waals surface area contributed by atoms with E-state index in [2.05, 4.69) is 13.8 Å². The highest BCUT2D eigenvalue weighted by Crippen LogP contribution is 2.24. The van der Waals surface area contributed by atoms with Crippen molar-refractivity contribution in [3.8, 4) is 0 Å². The number of ketones is 1. The number of Topliss-reactive ketones (excluding diaryl/α,β-unsaturated/α-hetero) is 1. The van der Waals surface area contributed by atoms with E-state index in [4.69, 9.17) is 4.74 Å². The minimum Gasteiger partial charge on any atom is -0.449 e. The van der Waals surface area contributed by atoms with E-state index >= 15 is 0 Å². The van der Waals surface area contributed by atoms with E-state index in [0.29, 0.717) is 29.9 Å². The van der Waals surface area contributed by atoms with Crippen molar-refractivity contribution >= 4 is 11.8 Å². The Balaban J connectivity index is 2.28. The molecule has 0 bridgehead atoms. The van der Waals surface area contributed by atoms with Crippen LogP contribution in [-0.2, 0) is 9.53 Å². The van der Waals surface area contributed by atoms with Crippen LogP contribution in [0.4, 0.5) is 0 Å². The van der Waals surface area contributed by atoms with Gasteiger partial charge >= 0.3 is 5.97 Å². The molecule has 0 saturated heterocycles. The molecule has 0 heterocycles. The number of benzene rings is 2. The lowest BCUT2D eigenvalue weighted by Crippen LogP contribution is -2.20. The van der Waals surface area contributed by atoms with Gasteiger partial charge in [0.15, 0.2) is 6.10 Å². The summed E-state index contributed by atoms with van der Waals surface area (Å²) in [6.07, 6.45) is 0.107. The zero-order valence-corrected chi connectivity index (χ0v) is 14.5. The van der Waals surface area contributed by atoms with Gasteiger partial charge in [0.25, 0.3) is 0 Å². The van der Waals surface area contributed by atoms with Gasteiger partial charge < -0.3 is 4.74 Å². The predicted octanol–water partition coefficient (Wildman–Crippen LogP) is 5.08. The first-order valence-corrected chi connectivity index (χ1v) is 8.41. The van der Waals surface area contributed by atoms with Gasteiger partial charge in [0.1, 0.15) is 0 Å². The van der Waals surface area contributed by atoms with Gasteiger partial charge in [0, 0.05) is 17.5 Å². The van der Waals surface area contributed by atoms with Crippen LogP contribution in [0, 0.1) is 0 Å². The van der Waals surface area contributed by atoms with Crippen LogP contribution in [0.5, 0.6) is 0 Å². The van der Waals surface area contributed by atoms with Gasteiger partial charge in [-0.2, -0.15) is 0 Å². The second kappa shape index (κ2) is 8.44. The molecule has 0 aliphatic rings. The van der Waals surface area contributed by atoms with E-state index in [1.165, 1.54) is 5.56 Å². The zero-order valence-electron chi connectivity index (χ0n) is 14.5. The van der Waals surface area contributed by atoms with Crippen LogP contribution in [0.15, 0.2) is 54.6 Å². The minimum atomic E-state index is -0.893. The fourth-order valence-corrected chi connectivity index (χ4v) is 2.48. The third-order valence-electron chi connectivity index (χ3n) is 3.91. The first kappa shape index (κ1) is 17.9. The van der Waals surface area contributed by atoms with Crippen molar-refractivity contribution in [1.82, 2.24) is 0 Å². The zero-order chi connectivity index (χ0) is 17.5. The molecule has 3 heteroatoms. The Hall–Kier alpha value is -2.42. The summed E-state index contributed by atoms with van der Waals surface area (Å²) < 4.78 is 5.48. The molecule has 3 nitrogen and oxygen atoms in total. The molecule has 2 aromatic rings. The van der Waals surface area contributed by atoms with Gasteiger partial charge in [-0.3, -0.25) is 9.59 Å². The second-order valence-electron chi connectivity index (χ2n) is 6.17. The van der Waals surface area contributed by atoms with Crippen molar-refractivity contribution in [3.63, 3.8) is 0 Å². The maximum Gasteiger partial charge on any atom is 0.306 e. The quantitative estimate of drug-likeness (QED) is 0.527. The summed E-state index contributed by atoms with van der Waals surface area (Å²) in [7, 11) is 0. The van der Waals surface area contributed by atoms with Crippen molar-refractivity contribution in [3.05, 3.63) is 71.3 Å². The summed E-state index contributed by atoms with van der Waals surface area (Å²) in [6, 6.07) is 16.7. The second-order valence-corrected chi connectivity index (χ2v) is 6.17. The molecule has 0 unspecified atom stereocenters. The van der Waals surface area contributed by atoms with E-state index in [9.17, 15) is 9.59 Å². The Labute approximate surface area is 143 Å². The smallest absolute Gasteiger partial charge is 0.306 e. The molecule has 0 aliphatic carbocycles. The molecule has 0 spiro atoms. The molecule has 2 rings (SSSR count). The fourth-order valence-electron chi connectivity index (χ4n) is 2.48. The lowest BCUT2D eigenvalue weighted by Gasteiger charge is -2.17. The standard InChI is InChI=1S/C21H24O3/c1-4-8-19(22)24-21(18-9-6-5-7-10-18)20(23)17-13-11-16(12-14-17)15(2)3/h5-7,9-15,21H,4,8H2,1-3H3/t21-/m0/s1. The molecule has 1 atom stereocenters. The van der Waals surface area contributed by atoms with Gasteiger partial charge in [-0.05, 0) is 17.9 Å². The van der Waals surface area contributed by atoms with E-state index in [1.54, 1.807) is 12.1 Å². The summed E-state index contributed by atoms with van der Waals surface area (Å²) in [5, 5.41) is 0. The van der Waals surface area contributed by atoms with Gasteiger partial charge in [-0.15, -0.1) is 0 Å². The minimum absolute atomic E-state index is 0.194. The summed E-state index contributed by atoms with van der Waals surface area (Å²) in [6.45, 7) is 6.12. The average molecular weight is 324 g/mol. The summed E-state index contributed by atoms with van der Waals surface area (Å²) >= 11 is 0. The molecule has 0 aliphatic heterocycles. The molecule has 0 saturated carbocycles. The van der Waals surface area contributed by atoms with Crippen LogP contribution in [0.2, 0.25) is 0 Å². The van der Waals surface area contributed by atoms with Crippen LogP contribution in [0.25, 0.3) is 0 Å². The van der Waals surface area contributed by atoms with Crippen LogP contribution in [-0.4, -0.2) is 11.8 Å². The molecular weight excluding hydrogens is 300 g/mol. The largest absolute Gasteiger partial charge is 0.449 e. The van der Waals surface area contributed by atoms with Crippen LogP contribution in [0.1, 0.15) is 67.1 Å². The van der Waals surface area contributed by atoms with Crippen molar-refractivity contribution in [2.45, 2.75) is 45.6 Å². The molecule has 0 radical (unpaired) electrons. The van der Waals surface area contributed by atoms with Crippen molar-refractivity contribution < 1.29 is 14.3 Å². The maximum absolute atomic E-state index is 12.9. The lowest BCUT2D eigenvalue weighted by molar-refractivity contribution is -0.147. The molecule has 0 fully saturated rings. The topological polar surface area (TPSA) is 43.4 Å². The monoisotopic (exact) mass is 324 g/mol. The number of esters is 1. The Morgan fingerprint density at radius 1 is 0.917 bits per heavy atom. The third-order valence-corrected chi connectivity index (χ3v) is 3.91. The highest BCUT2D eigenvalue weighted by atomic mass is 16.5. The number of hydrogen-bond donors (Lipinski definition) is 0.